The molecule has 0 spiro atoms. The molecule has 6 heteroatoms. The van der Waals surface area contributed by atoms with Gasteiger partial charge in [0.25, 0.3) is 0 Å². The van der Waals surface area contributed by atoms with E-state index in [0.29, 0.717) is 30.6 Å². The molecule has 1 aromatic rings. The molecule has 1 aliphatic carbocycles. The van der Waals surface area contributed by atoms with Crippen LogP contribution in [0.25, 0.3) is 0 Å². The van der Waals surface area contributed by atoms with Gasteiger partial charge in [-0.1, -0.05) is 12.8 Å². The summed E-state index contributed by atoms with van der Waals surface area (Å²) >= 11 is 0. The van der Waals surface area contributed by atoms with Gasteiger partial charge >= 0.3 is 5.97 Å². The molecule has 2 unspecified atom stereocenters. The van der Waals surface area contributed by atoms with Gasteiger partial charge in [-0.3, -0.25) is 9.58 Å². The zero-order valence-electron chi connectivity index (χ0n) is 12.2. The Morgan fingerprint density at radius 2 is 2.25 bits per heavy atom. The summed E-state index contributed by atoms with van der Waals surface area (Å²) in [6, 6.07) is 0.435. The van der Waals surface area contributed by atoms with Crippen molar-refractivity contribution in [3.63, 3.8) is 0 Å². The first kappa shape index (κ1) is 15.0. The van der Waals surface area contributed by atoms with Gasteiger partial charge in [0.05, 0.1) is 11.9 Å². The minimum Gasteiger partial charge on any atom is -0.478 e. The van der Waals surface area contributed by atoms with Gasteiger partial charge < -0.3 is 10.8 Å². The number of rotatable bonds is 5. The molecule has 0 aliphatic heterocycles. The molecule has 0 radical (unpaired) electrons. The van der Waals surface area contributed by atoms with Crippen LogP contribution in [-0.4, -0.2) is 45.4 Å². The fraction of sp³-hybridized carbons (Fsp3) is 0.714. The molecule has 20 heavy (non-hydrogen) atoms. The summed E-state index contributed by atoms with van der Waals surface area (Å²) < 4.78 is 1.65. The molecular formula is C14H24N4O2. The molecule has 1 saturated carbocycles. The second kappa shape index (κ2) is 6.37. The predicted octanol–water partition coefficient (Wildman–Crippen LogP) is 1.07. The highest BCUT2D eigenvalue weighted by molar-refractivity contribution is 5.88. The van der Waals surface area contributed by atoms with E-state index in [0.717, 1.165) is 12.1 Å². The first-order valence-electron chi connectivity index (χ1n) is 7.19. The van der Waals surface area contributed by atoms with E-state index in [9.17, 15) is 9.90 Å². The highest BCUT2D eigenvalue weighted by Crippen LogP contribution is 2.28. The first-order valence-corrected chi connectivity index (χ1v) is 7.19. The number of aryl methyl sites for hydroxylation is 1. The van der Waals surface area contributed by atoms with Gasteiger partial charge in [-0.25, -0.2) is 4.79 Å². The Labute approximate surface area is 119 Å². The zero-order valence-corrected chi connectivity index (χ0v) is 12.2. The van der Waals surface area contributed by atoms with Crippen LogP contribution in [-0.2, 0) is 13.6 Å². The number of hydrogen-bond acceptors (Lipinski definition) is 4. The molecule has 0 saturated heterocycles. The molecule has 3 N–H and O–H groups in total. The van der Waals surface area contributed by atoms with Crippen molar-refractivity contribution in [2.45, 2.75) is 38.3 Å². The Hall–Kier alpha value is -1.40. The SMILES string of the molecule is CN(Cc1c(C(=O)O)cnn1C)C1CCCCC1CN. The van der Waals surface area contributed by atoms with Gasteiger partial charge in [-0.2, -0.15) is 5.10 Å². The lowest BCUT2D eigenvalue weighted by molar-refractivity contribution is 0.0692. The lowest BCUT2D eigenvalue weighted by atomic mass is 9.83. The highest BCUT2D eigenvalue weighted by Gasteiger charge is 2.28. The highest BCUT2D eigenvalue weighted by atomic mass is 16.4. The van der Waals surface area contributed by atoms with Gasteiger partial charge in [0.15, 0.2) is 0 Å². The maximum atomic E-state index is 11.2. The quantitative estimate of drug-likeness (QED) is 0.842. The molecule has 2 atom stereocenters. The van der Waals surface area contributed by atoms with Gasteiger partial charge in [-0.15, -0.1) is 0 Å². The van der Waals surface area contributed by atoms with Gasteiger partial charge in [0, 0.05) is 19.6 Å². The number of carboxylic acids is 1. The molecule has 6 nitrogen and oxygen atoms in total. The van der Waals surface area contributed by atoms with E-state index in [1.54, 1.807) is 11.7 Å². The number of nitrogens with zero attached hydrogens (tertiary/aromatic N) is 3. The van der Waals surface area contributed by atoms with E-state index in [2.05, 4.69) is 17.0 Å². The molecule has 1 heterocycles. The summed E-state index contributed by atoms with van der Waals surface area (Å²) in [5.41, 5.74) is 6.92. The number of nitrogens with two attached hydrogens (primary N) is 1. The third-order valence-corrected chi connectivity index (χ3v) is 4.43. The second-order valence-electron chi connectivity index (χ2n) is 5.70. The molecule has 112 valence electrons. The van der Waals surface area contributed by atoms with E-state index in [4.69, 9.17) is 5.73 Å². The lowest BCUT2D eigenvalue weighted by Crippen LogP contribution is -2.43. The minimum atomic E-state index is -0.916. The van der Waals surface area contributed by atoms with Crippen molar-refractivity contribution in [1.29, 1.82) is 0 Å². The minimum absolute atomic E-state index is 0.291. The number of aromatic nitrogens is 2. The average molecular weight is 280 g/mol. The van der Waals surface area contributed by atoms with Crippen LogP contribution in [0.3, 0.4) is 0 Å². The first-order chi connectivity index (χ1) is 9.54. The largest absolute Gasteiger partial charge is 0.478 e. The van der Waals surface area contributed by atoms with Gasteiger partial charge in [0.2, 0.25) is 0 Å². The summed E-state index contributed by atoms with van der Waals surface area (Å²) in [5, 5.41) is 13.3. The van der Waals surface area contributed by atoms with Gasteiger partial charge in [0.1, 0.15) is 5.56 Å². The van der Waals surface area contributed by atoms with Crippen molar-refractivity contribution in [3.05, 3.63) is 17.5 Å². The Morgan fingerprint density at radius 3 is 2.90 bits per heavy atom. The second-order valence-corrected chi connectivity index (χ2v) is 5.70. The van der Waals surface area contributed by atoms with Crippen molar-refractivity contribution in [2.75, 3.05) is 13.6 Å². The van der Waals surface area contributed by atoms with Crippen molar-refractivity contribution in [3.8, 4) is 0 Å². The van der Waals surface area contributed by atoms with Crippen molar-refractivity contribution in [2.24, 2.45) is 18.7 Å². The Morgan fingerprint density at radius 1 is 1.55 bits per heavy atom. The summed E-state index contributed by atoms with van der Waals surface area (Å²) in [4.78, 5) is 13.5. The number of hydrogen-bond donors (Lipinski definition) is 2. The monoisotopic (exact) mass is 280 g/mol. The Kier molecular flexibility index (Phi) is 4.77. The Balaban J connectivity index is 2.12. The molecule has 0 aromatic carbocycles. The van der Waals surface area contributed by atoms with Crippen LogP contribution in [0.15, 0.2) is 6.20 Å². The Bertz CT molecular complexity index is 472. The molecule has 1 aliphatic rings. The lowest BCUT2D eigenvalue weighted by Gasteiger charge is -2.37. The summed E-state index contributed by atoms with van der Waals surface area (Å²) in [7, 11) is 3.84. The number of aromatic carboxylic acids is 1. The van der Waals surface area contributed by atoms with Crippen LogP contribution in [0.4, 0.5) is 0 Å². The molecule has 0 bridgehead atoms. The van der Waals surface area contributed by atoms with E-state index < -0.39 is 5.97 Å². The van der Waals surface area contributed by atoms with Crippen LogP contribution >= 0.6 is 0 Å². The number of carbonyl (C=O) groups is 1. The van der Waals surface area contributed by atoms with E-state index in [1.807, 2.05) is 0 Å². The fourth-order valence-electron chi connectivity index (χ4n) is 3.23. The van der Waals surface area contributed by atoms with Crippen LogP contribution in [0.5, 0.6) is 0 Å². The predicted molar refractivity (Wildman–Crippen MR) is 76.4 cm³/mol. The summed E-state index contributed by atoms with van der Waals surface area (Å²) in [6.07, 6.45) is 6.20. The van der Waals surface area contributed by atoms with Crippen molar-refractivity contribution >= 4 is 5.97 Å². The van der Waals surface area contributed by atoms with Crippen LogP contribution in [0.2, 0.25) is 0 Å². The van der Waals surface area contributed by atoms with Crippen LogP contribution in [0.1, 0.15) is 41.7 Å². The smallest absolute Gasteiger partial charge is 0.339 e. The van der Waals surface area contributed by atoms with E-state index in [-0.39, 0.29) is 0 Å². The van der Waals surface area contributed by atoms with E-state index in [1.165, 1.54) is 25.5 Å². The topological polar surface area (TPSA) is 84.4 Å². The zero-order chi connectivity index (χ0) is 14.7. The summed E-state index contributed by atoms with van der Waals surface area (Å²) in [6.45, 7) is 1.30. The normalized spacial score (nSPS) is 23.2. The van der Waals surface area contributed by atoms with Gasteiger partial charge in [-0.05, 0) is 32.4 Å². The van der Waals surface area contributed by atoms with E-state index >= 15 is 0 Å². The maximum absolute atomic E-state index is 11.2. The molecule has 1 aromatic heterocycles. The van der Waals surface area contributed by atoms with Crippen molar-refractivity contribution in [1.82, 2.24) is 14.7 Å². The molecule has 2 rings (SSSR count). The fourth-order valence-corrected chi connectivity index (χ4v) is 3.23. The molecule has 1 fully saturated rings. The summed E-state index contributed by atoms with van der Waals surface area (Å²) in [5.74, 6) is -0.407. The third-order valence-electron chi connectivity index (χ3n) is 4.43. The number of carboxylic acid groups (broad SMARTS) is 1. The molecular weight excluding hydrogens is 256 g/mol. The average Bonchev–Trinajstić information content (AvgIpc) is 2.80. The van der Waals surface area contributed by atoms with Crippen molar-refractivity contribution < 1.29 is 9.90 Å². The standard InChI is InChI=1S/C14H24N4O2/c1-17(12-6-4-3-5-10(12)7-15)9-13-11(14(19)20)8-16-18(13)2/h8,10,12H,3-7,9,15H2,1-2H3,(H,19,20). The van der Waals surface area contributed by atoms with Crippen LogP contribution < -0.4 is 5.73 Å². The molecule has 0 amide bonds. The third kappa shape index (κ3) is 3.02. The maximum Gasteiger partial charge on any atom is 0.339 e. The van der Waals surface area contributed by atoms with Crippen LogP contribution in [0, 0.1) is 5.92 Å².